The standard InChI is InChI=1S/C34H30N4O3/c1-22-10-11-23(2)29(18-22)32-26(21-38(36-32)27-8-6-5-7-9-27)19-30-24(3)31(20-35)34(40)37(33(30)39)17-16-25-12-14-28(41-4)15-13-25/h5-15,18-19,21H,16-17H2,1-4H3/b30-19+. The molecule has 0 N–H and O–H groups in total. The van der Waals surface area contributed by atoms with Crippen molar-refractivity contribution in [2.75, 3.05) is 13.7 Å². The number of ether oxygens (including phenoxy) is 1. The van der Waals surface area contributed by atoms with Crippen LogP contribution in [0.3, 0.4) is 0 Å². The van der Waals surface area contributed by atoms with Crippen molar-refractivity contribution in [3.63, 3.8) is 0 Å². The molecule has 5 rings (SSSR count). The van der Waals surface area contributed by atoms with Gasteiger partial charge < -0.3 is 4.74 Å². The first-order chi connectivity index (χ1) is 19.8. The summed E-state index contributed by atoms with van der Waals surface area (Å²) in [5.74, 6) is -0.278. The Balaban J connectivity index is 1.59. The summed E-state index contributed by atoms with van der Waals surface area (Å²) in [5, 5.41) is 14.8. The van der Waals surface area contributed by atoms with Gasteiger partial charge >= 0.3 is 0 Å². The molecule has 2 heterocycles. The van der Waals surface area contributed by atoms with Gasteiger partial charge in [0, 0.05) is 29.4 Å². The van der Waals surface area contributed by atoms with Gasteiger partial charge in [0.25, 0.3) is 11.8 Å². The molecule has 3 aromatic carbocycles. The first-order valence-electron chi connectivity index (χ1n) is 13.4. The number of carbonyl (C=O) groups excluding carboxylic acids is 2. The second kappa shape index (κ2) is 11.5. The van der Waals surface area contributed by atoms with Crippen molar-refractivity contribution in [3.05, 3.63) is 118 Å². The Bertz CT molecular complexity index is 1740. The van der Waals surface area contributed by atoms with Crippen LogP contribution < -0.4 is 4.74 Å². The van der Waals surface area contributed by atoms with Crippen LogP contribution in [0.5, 0.6) is 5.75 Å². The monoisotopic (exact) mass is 542 g/mol. The molecule has 0 aliphatic carbocycles. The van der Waals surface area contributed by atoms with Gasteiger partial charge in [-0.15, -0.1) is 0 Å². The average molecular weight is 543 g/mol. The molecular formula is C34H30N4O3. The number of nitriles is 1. The minimum absolute atomic E-state index is 0.0330. The van der Waals surface area contributed by atoms with Gasteiger partial charge in [-0.05, 0) is 80.3 Å². The Morgan fingerprint density at radius 3 is 2.37 bits per heavy atom. The zero-order chi connectivity index (χ0) is 29.1. The Hall–Kier alpha value is -5.22. The summed E-state index contributed by atoms with van der Waals surface area (Å²) in [4.78, 5) is 28.2. The van der Waals surface area contributed by atoms with Crippen LogP contribution in [0.15, 0.2) is 95.7 Å². The number of hydrogen-bond acceptors (Lipinski definition) is 5. The molecule has 0 saturated heterocycles. The number of rotatable bonds is 7. The third kappa shape index (κ3) is 5.45. The Morgan fingerprint density at radius 1 is 0.951 bits per heavy atom. The fourth-order valence-electron chi connectivity index (χ4n) is 4.93. The van der Waals surface area contributed by atoms with E-state index in [4.69, 9.17) is 9.84 Å². The molecule has 0 bridgehead atoms. The van der Waals surface area contributed by atoms with Crippen molar-refractivity contribution >= 4 is 17.9 Å². The normalized spacial score (nSPS) is 14.5. The number of aryl methyl sites for hydroxylation is 2. The molecular weight excluding hydrogens is 512 g/mol. The summed E-state index contributed by atoms with van der Waals surface area (Å²) in [7, 11) is 1.60. The maximum Gasteiger partial charge on any atom is 0.271 e. The second-order valence-corrected chi connectivity index (χ2v) is 10.1. The number of imide groups is 1. The Kier molecular flexibility index (Phi) is 7.66. The number of amides is 2. The van der Waals surface area contributed by atoms with E-state index in [1.165, 1.54) is 4.90 Å². The Labute approximate surface area is 239 Å². The summed E-state index contributed by atoms with van der Waals surface area (Å²) in [6, 6.07) is 25.4. The topological polar surface area (TPSA) is 88.2 Å². The highest BCUT2D eigenvalue weighted by Gasteiger charge is 2.35. The maximum atomic E-state index is 13.8. The van der Waals surface area contributed by atoms with E-state index >= 15 is 0 Å². The van der Waals surface area contributed by atoms with E-state index in [1.54, 1.807) is 24.8 Å². The minimum atomic E-state index is -0.574. The zero-order valence-corrected chi connectivity index (χ0v) is 23.5. The van der Waals surface area contributed by atoms with Gasteiger partial charge in [-0.3, -0.25) is 14.5 Å². The molecule has 4 aromatic rings. The van der Waals surface area contributed by atoms with Crippen molar-refractivity contribution < 1.29 is 14.3 Å². The van der Waals surface area contributed by atoms with Crippen LogP contribution in [0.2, 0.25) is 0 Å². The van der Waals surface area contributed by atoms with Crippen LogP contribution in [0.4, 0.5) is 0 Å². The molecule has 0 fully saturated rings. The molecule has 0 saturated carbocycles. The molecule has 1 aliphatic heterocycles. The number of nitrogens with zero attached hydrogens (tertiary/aromatic N) is 4. The van der Waals surface area contributed by atoms with Crippen LogP contribution in [0.1, 0.15) is 29.2 Å². The molecule has 204 valence electrons. The average Bonchev–Trinajstić information content (AvgIpc) is 3.41. The van der Waals surface area contributed by atoms with Gasteiger partial charge in [0.15, 0.2) is 0 Å². The van der Waals surface area contributed by atoms with E-state index in [0.29, 0.717) is 28.8 Å². The van der Waals surface area contributed by atoms with E-state index in [1.807, 2.05) is 92.8 Å². The van der Waals surface area contributed by atoms with E-state index in [2.05, 4.69) is 6.07 Å². The van der Waals surface area contributed by atoms with Crippen molar-refractivity contribution in [2.24, 2.45) is 0 Å². The number of benzene rings is 3. The zero-order valence-electron chi connectivity index (χ0n) is 23.5. The molecule has 0 atom stereocenters. The predicted molar refractivity (Wildman–Crippen MR) is 158 cm³/mol. The third-order valence-corrected chi connectivity index (χ3v) is 7.32. The van der Waals surface area contributed by atoms with Crippen LogP contribution >= 0.6 is 0 Å². The Morgan fingerprint density at radius 2 is 1.68 bits per heavy atom. The second-order valence-electron chi connectivity index (χ2n) is 10.1. The van der Waals surface area contributed by atoms with Crippen LogP contribution in [0, 0.1) is 25.2 Å². The lowest BCUT2D eigenvalue weighted by molar-refractivity contribution is -0.140. The van der Waals surface area contributed by atoms with Crippen LogP contribution in [-0.4, -0.2) is 40.1 Å². The smallest absolute Gasteiger partial charge is 0.271 e. The number of aromatic nitrogens is 2. The van der Waals surface area contributed by atoms with E-state index in [9.17, 15) is 14.9 Å². The minimum Gasteiger partial charge on any atom is -0.497 e. The van der Waals surface area contributed by atoms with Gasteiger partial charge in [-0.25, -0.2) is 4.68 Å². The van der Waals surface area contributed by atoms with E-state index < -0.39 is 11.8 Å². The summed E-state index contributed by atoms with van der Waals surface area (Å²) >= 11 is 0. The van der Waals surface area contributed by atoms with Gasteiger partial charge in [0.2, 0.25) is 0 Å². The number of para-hydroxylation sites is 1. The molecule has 7 nitrogen and oxygen atoms in total. The number of hydrogen-bond donors (Lipinski definition) is 0. The predicted octanol–water partition coefficient (Wildman–Crippen LogP) is 6.00. The molecule has 41 heavy (non-hydrogen) atoms. The van der Waals surface area contributed by atoms with Crippen LogP contribution in [0.25, 0.3) is 23.0 Å². The van der Waals surface area contributed by atoms with E-state index in [0.717, 1.165) is 33.7 Å². The quantitative estimate of drug-likeness (QED) is 0.211. The molecule has 0 unspecified atom stereocenters. The molecule has 1 aliphatic rings. The summed E-state index contributed by atoms with van der Waals surface area (Å²) < 4.78 is 7.00. The highest BCUT2D eigenvalue weighted by atomic mass is 16.5. The van der Waals surface area contributed by atoms with Crippen molar-refractivity contribution in [1.29, 1.82) is 5.26 Å². The van der Waals surface area contributed by atoms with E-state index in [-0.39, 0.29) is 12.1 Å². The van der Waals surface area contributed by atoms with Gasteiger partial charge in [-0.2, -0.15) is 10.4 Å². The lowest BCUT2D eigenvalue weighted by atomic mass is 9.92. The molecule has 0 radical (unpaired) electrons. The lowest BCUT2D eigenvalue weighted by Gasteiger charge is -2.27. The summed E-state index contributed by atoms with van der Waals surface area (Å²) in [6.45, 7) is 5.85. The first-order valence-corrected chi connectivity index (χ1v) is 13.4. The largest absolute Gasteiger partial charge is 0.497 e. The fraction of sp³-hybridized carbons (Fsp3) is 0.176. The number of methoxy groups -OCH3 is 1. The molecule has 1 aromatic heterocycles. The lowest BCUT2D eigenvalue weighted by Crippen LogP contribution is -2.43. The highest BCUT2D eigenvalue weighted by molar-refractivity contribution is 6.19. The van der Waals surface area contributed by atoms with Crippen molar-refractivity contribution in [2.45, 2.75) is 27.2 Å². The third-order valence-electron chi connectivity index (χ3n) is 7.32. The molecule has 2 amide bonds. The first kappa shape index (κ1) is 27.4. The van der Waals surface area contributed by atoms with Crippen molar-refractivity contribution in [3.8, 4) is 28.8 Å². The number of carbonyl (C=O) groups is 2. The molecule has 0 spiro atoms. The fourth-order valence-corrected chi connectivity index (χ4v) is 4.93. The molecule has 7 heteroatoms. The van der Waals surface area contributed by atoms with Gasteiger partial charge in [0.1, 0.15) is 23.1 Å². The summed E-state index contributed by atoms with van der Waals surface area (Å²) in [6.07, 6.45) is 4.09. The van der Waals surface area contributed by atoms with Crippen LogP contribution in [-0.2, 0) is 16.0 Å². The summed E-state index contributed by atoms with van der Waals surface area (Å²) in [5.41, 5.74) is 6.96. The van der Waals surface area contributed by atoms with Crippen molar-refractivity contribution in [1.82, 2.24) is 14.7 Å². The highest BCUT2D eigenvalue weighted by Crippen LogP contribution is 2.33. The van der Waals surface area contributed by atoms with Gasteiger partial charge in [0.05, 0.1) is 12.8 Å². The van der Waals surface area contributed by atoms with Gasteiger partial charge in [-0.1, -0.05) is 48.0 Å². The maximum absolute atomic E-state index is 13.8. The SMILES string of the molecule is COc1ccc(CCN2C(=O)C(C#N)=C(C)/C(=C\c3cn(-c4ccccc4)nc3-c3cc(C)ccc3C)C2=O)cc1.